The van der Waals surface area contributed by atoms with Crippen molar-refractivity contribution in [3.8, 4) is 5.75 Å². The van der Waals surface area contributed by atoms with E-state index in [0.717, 1.165) is 11.4 Å². The minimum atomic E-state index is -3.85. The van der Waals surface area contributed by atoms with Gasteiger partial charge in [-0.1, -0.05) is 6.07 Å². The molecule has 112 valence electrons. The van der Waals surface area contributed by atoms with Gasteiger partial charge in [-0.3, -0.25) is 0 Å². The van der Waals surface area contributed by atoms with Crippen molar-refractivity contribution in [1.82, 2.24) is 0 Å². The van der Waals surface area contributed by atoms with E-state index in [9.17, 15) is 8.42 Å². The molecule has 0 radical (unpaired) electrons. The summed E-state index contributed by atoms with van der Waals surface area (Å²) in [7, 11) is -0.472. The summed E-state index contributed by atoms with van der Waals surface area (Å²) in [5, 5.41) is 5.16. The summed E-state index contributed by atoms with van der Waals surface area (Å²) >= 11 is 0. The number of methoxy groups -OCH3 is 1. The van der Waals surface area contributed by atoms with Gasteiger partial charge in [0, 0.05) is 12.7 Å². The van der Waals surface area contributed by atoms with Crippen molar-refractivity contribution in [2.45, 2.75) is 4.90 Å². The summed E-state index contributed by atoms with van der Waals surface area (Å²) in [5.41, 5.74) is 7.47. The number of nitrogens with zero attached hydrogens (tertiary/aromatic N) is 1. The predicted molar refractivity (Wildman–Crippen MR) is 83.3 cm³/mol. The molecule has 0 fully saturated rings. The van der Waals surface area contributed by atoms with E-state index in [1.807, 2.05) is 24.3 Å². The van der Waals surface area contributed by atoms with Crippen molar-refractivity contribution in [3.63, 3.8) is 0 Å². The van der Waals surface area contributed by atoms with E-state index in [1.54, 1.807) is 31.2 Å². The van der Waals surface area contributed by atoms with Gasteiger partial charge < -0.3 is 15.4 Å². The molecule has 4 N–H and O–H groups in total. The predicted octanol–water partition coefficient (Wildman–Crippen LogP) is 1.69. The van der Waals surface area contributed by atoms with Crippen molar-refractivity contribution in [1.29, 1.82) is 0 Å². The largest absolute Gasteiger partial charge is 0.497 e. The molecule has 0 saturated heterocycles. The number of anilines is 3. The normalized spacial score (nSPS) is 11.2. The van der Waals surface area contributed by atoms with E-state index in [-0.39, 0.29) is 10.6 Å². The summed E-state index contributed by atoms with van der Waals surface area (Å²) in [4.78, 5) is 1.70. The molecule has 0 heterocycles. The third-order valence-electron chi connectivity index (χ3n) is 3.17. The average Bonchev–Trinajstić information content (AvgIpc) is 2.45. The van der Waals surface area contributed by atoms with Crippen LogP contribution in [0.3, 0.4) is 0 Å². The second kappa shape index (κ2) is 5.63. The van der Waals surface area contributed by atoms with E-state index in [1.165, 1.54) is 6.07 Å². The molecule has 7 heteroatoms. The zero-order valence-corrected chi connectivity index (χ0v) is 12.6. The summed E-state index contributed by atoms with van der Waals surface area (Å²) in [5.74, 6) is 0.735. The highest BCUT2D eigenvalue weighted by Gasteiger charge is 2.17. The third-order valence-corrected chi connectivity index (χ3v) is 4.14. The van der Waals surface area contributed by atoms with Crippen molar-refractivity contribution >= 4 is 27.1 Å². The first kappa shape index (κ1) is 15.1. The van der Waals surface area contributed by atoms with Gasteiger partial charge in [0.15, 0.2) is 0 Å². The van der Waals surface area contributed by atoms with Crippen molar-refractivity contribution in [3.05, 3.63) is 42.5 Å². The van der Waals surface area contributed by atoms with E-state index in [0.29, 0.717) is 5.69 Å². The van der Waals surface area contributed by atoms with Gasteiger partial charge >= 0.3 is 0 Å². The maximum Gasteiger partial charge on any atom is 0.240 e. The summed E-state index contributed by atoms with van der Waals surface area (Å²) < 4.78 is 28.1. The lowest BCUT2D eigenvalue weighted by atomic mass is 10.2. The first-order chi connectivity index (χ1) is 9.84. The molecule has 0 unspecified atom stereocenters. The van der Waals surface area contributed by atoms with Crippen molar-refractivity contribution in [2.75, 3.05) is 24.8 Å². The molecule has 0 aromatic heterocycles. The molecule has 0 atom stereocenters. The molecule has 6 nitrogen and oxygen atoms in total. The van der Waals surface area contributed by atoms with E-state index in [2.05, 4.69) is 0 Å². The van der Waals surface area contributed by atoms with Crippen LogP contribution in [0.2, 0.25) is 0 Å². The maximum atomic E-state index is 11.5. The van der Waals surface area contributed by atoms with Gasteiger partial charge in [-0.05, 0) is 36.4 Å². The van der Waals surface area contributed by atoms with Gasteiger partial charge in [0.2, 0.25) is 10.0 Å². The molecule has 0 aliphatic heterocycles. The van der Waals surface area contributed by atoms with Crippen LogP contribution in [0.25, 0.3) is 0 Å². The Labute approximate surface area is 124 Å². The lowest BCUT2D eigenvalue weighted by Crippen LogP contribution is -2.17. The molecule has 0 aliphatic carbocycles. The molecule has 0 saturated carbocycles. The number of hydrogen-bond acceptors (Lipinski definition) is 5. The van der Waals surface area contributed by atoms with Crippen LogP contribution in [-0.2, 0) is 10.0 Å². The summed E-state index contributed by atoms with van der Waals surface area (Å²) in [6, 6.07) is 12.0. The minimum absolute atomic E-state index is 0.0830. The van der Waals surface area contributed by atoms with Crippen LogP contribution < -0.4 is 20.5 Å². The topological polar surface area (TPSA) is 98.6 Å². The minimum Gasteiger partial charge on any atom is -0.497 e. The Bertz CT molecular complexity index is 743. The van der Waals surface area contributed by atoms with Gasteiger partial charge in [-0.2, -0.15) is 0 Å². The molecular weight excluding hydrogens is 290 g/mol. The van der Waals surface area contributed by atoms with Crippen molar-refractivity contribution in [2.24, 2.45) is 5.14 Å². The van der Waals surface area contributed by atoms with Crippen LogP contribution in [0.15, 0.2) is 47.4 Å². The molecule has 2 aromatic carbocycles. The van der Waals surface area contributed by atoms with Gasteiger partial charge in [0.05, 0.1) is 18.5 Å². The van der Waals surface area contributed by atoms with Gasteiger partial charge in [-0.25, -0.2) is 13.6 Å². The number of hydrogen-bond donors (Lipinski definition) is 2. The molecular formula is C14H17N3O3S. The first-order valence-corrected chi connectivity index (χ1v) is 7.68. The highest BCUT2D eigenvalue weighted by Crippen LogP contribution is 2.33. The lowest BCUT2D eigenvalue weighted by Gasteiger charge is -2.22. The molecule has 0 spiro atoms. The molecule has 2 rings (SSSR count). The smallest absolute Gasteiger partial charge is 0.240 e. The Hall–Kier alpha value is -2.25. The molecule has 0 aliphatic rings. The number of nitrogens with two attached hydrogens (primary N) is 2. The number of benzene rings is 2. The monoisotopic (exact) mass is 307 g/mol. The van der Waals surface area contributed by atoms with Crippen LogP contribution in [-0.4, -0.2) is 22.6 Å². The van der Waals surface area contributed by atoms with Gasteiger partial charge in [0.25, 0.3) is 0 Å². The van der Waals surface area contributed by atoms with E-state index >= 15 is 0 Å². The highest BCUT2D eigenvalue weighted by molar-refractivity contribution is 7.89. The Kier molecular flexibility index (Phi) is 4.06. The Morgan fingerprint density at radius 1 is 1.10 bits per heavy atom. The van der Waals surface area contributed by atoms with Crippen LogP contribution in [0.5, 0.6) is 5.75 Å². The zero-order valence-electron chi connectivity index (χ0n) is 11.8. The van der Waals surface area contributed by atoms with Gasteiger partial charge in [0.1, 0.15) is 10.6 Å². The van der Waals surface area contributed by atoms with Crippen LogP contribution in [0.1, 0.15) is 0 Å². The summed E-state index contributed by atoms with van der Waals surface area (Å²) in [6.07, 6.45) is 0. The van der Waals surface area contributed by atoms with Crippen LogP contribution in [0.4, 0.5) is 17.1 Å². The SMILES string of the molecule is COc1ccc(N(C)c2cccc(S(N)(=O)=O)c2N)cc1. The Morgan fingerprint density at radius 3 is 2.24 bits per heavy atom. The van der Waals surface area contributed by atoms with Crippen LogP contribution >= 0.6 is 0 Å². The standard InChI is InChI=1S/C14H17N3O3S/c1-17(10-6-8-11(20-2)9-7-10)12-4-3-5-13(14(12)15)21(16,18)19/h3-9H,15H2,1-2H3,(H2,16,18,19). The Morgan fingerprint density at radius 2 is 1.71 bits per heavy atom. The number of nitrogen functional groups attached to an aromatic ring is 1. The van der Waals surface area contributed by atoms with Gasteiger partial charge in [-0.15, -0.1) is 0 Å². The quantitative estimate of drug-likeness (QED) is 0.838. The fraction of sp³-hybridized carbons (Fsp3) is 0.143. The fourth-order valence-electron chi connectivity index (χ4n) is 2.02. The van der Waals surface area contributed by atoms with Crippen molar-refractivity contribution < 1.29 is 13.2 Å². The second-order valence-corrected chi connectivity index (χ2v) is 6.02. The maximum absolute atomic E-state index is 11.5. The third kappa shape index (κ3) is 3.09. The summed E-state index contributed by atoms with van der Waals surface area (Å²) in [6.45, 7) is 0. The number of para-hydroxylation sites is 1. The molecule has 2 aromatic rings. The molecule has 21 heavy (non-hydrogen) atoms. The van der Waals surface area contributed by atoms with E-state index in [4.69, 9.17) is 15.6 Å². The number of rotatable bonds is 4. The fourth-order valence-corrected chi connectivity index (χ4v) is 2.70. The number of primary sulfonamides is 1. The first-order valence-electron chi connectivity index (χ1n) is 6.13. The highest BCUT2D eigenvalue weighted by atomic mass is 32.2. The van der Waals surface area contributed by atoms with Crippen LogP contribution in [0, 0.1) is 0 Å². The second-order valence-electron chi connectivity index (χ2n) is 4.49. The van der Waals surface area contributed by atoms with E-state index < -0.39 is 10.0 Å². The zero-order chi connectivity index (χ0) is 15.6. The molecule has 0 bridgehead atoms. The Balaban J connectivity index is 2.46. The average molecular weight is 307 g/mol. The molecule has 0 amide bonds. The lowest BCUT2D eigenvalue weighted by molar-refractivity contribution is 0.415. The number of ether oxygens (including phenoxy) is 1. The number of sulfonamides is 1.